The lowest BCUT2D eigenvalue weighted by molar-refractivity contribution is -0.143. The van der Waals surface area contributed by atoms with Crippen LogP contribution in [0.25, 0.3) is 0 Å². The van der Waals surface area contributed by atoms with E-state index in [9.17, 15) is 9.59 Å². The Morgan fingerprint density at radius 3 is 1.15 bits per heavy atom. The van der Waals surface area contributed by atoms with Crippen LogP contribution in [0.3, 0.4) is 0 Å². The molecule has 0 rings (SSSR count). The van der Waals surface area contributed by atoms with Crippen LogP contribution < -0.4 is 0 Å². The van der Waals surface area contributed by atoms with Crippen molar-refractivity contribution < 1.29 is 14.3 Å². The van der Waals surface area contributed by atoms with E-state index in [-0.39, 0.29) is 5.97 Å². The number of ketones is 1. The normalized spacial score (nSPS) is 13.2. The molecule has 0 aliphatic heterocycles. The van der Waals surface area contributed by atoms with Crippen molar-refractivity contribution in [3.63, 3.8) is 0 Å². The van der Waals surface area contributed by atoms with Gasteiger partial charge in [0.1, 0.15) is 5.78 Å². The number of allylic oxidation sites excluding steroid dienone is 10. The molecule has 2 atom stereocenters. The Bertz CT molecular complexity index is 1060. The van der Waals surface area contributed by atoms with Gasteiger partial charge in [0.05, 0.1) is 6.61 Å². The summed E-state index contributed by atoms with van der Waals surface area (Å²) in [5.41, 5.74) is 0. The zero-order valence-electron chi connectivity index (χ0n) is 41.4. The molecule has 3 heteroatoms. The maximum absolute atomic E-state index is 11.5. The molecule has 354 valence electrons. The van der Waals surface area contributed by atoms with Gasteiger partial charge in [-0.15, -0.1) is 0 Å². The molecule has 2 unspecified atom stereocenters. The van der Waals surface area contributed by atoms with Gasteiger partial charge >= 0.3 is 5.97 Å². The zero-order chi connectivity index (χ0) is 44.4. The van der Waals surface area contributed by atoms with Gasteiger partial charge in [0.2, 0.25) is 0 Å². The largest absolute Gasteiger partial charge is 0.466 e. The van der Waals surface area contributed by atoms with Crippen LogP contribution in [0.2, 0.25) is 0 Å². The number of unbranched alkanes of at least 4 members (excludes halogenated alkanes) is 24. The van der Waals surface area contributed by atoms with E-state index in [1.165, 1.54) is 193 Å². The van der Waals surface area contributed by atoms with Crippen LogP contribution in [-0.4, -0.2) is 18.4 Å². The molecular weight excluding hydrogens is 745 g/mol. The van der Waals surface area contributed by atoms with Gasteiger partial charge in [0, 0.05) is 12.8 Å². The average Bonchev–Trinajstić information content (AvgIpc) is 3.25. The van der Waals surface area contributed by atoms with Crippen LogP contribution in [0, 0.1) is 11.8 Å². The molecule has 61 heavy (non-hydrogen) atoms. The quantitative estimate of drug-likeness (QED) is 0.0348. The molecule has 0 saturated heterocycles. The summed E-state index contributed by atoms with van der Waals surface area (Å²) in [5, 5.41) is 0. The van der Waals surface area contributed by atoms with E-state index >= 15 is 0 Å². The van der Waals surface area contributed by atoms with Crippen LogP contribution in [0.5, 0.6) is 0 Å². The lowest BCUT2D eigenvalue weighted by atomic mass is 9.78. The van der Waals surface area contributed by atoms with Crippen molar-refractivity contribution >= 4 is 11.8 Å². The number of hydrogen-bond donors (Lipinski definition) is 0. The van der Waals surface area contributed by atoms with E-state index in [4.69, 9.17) is 4.74 Å². The number of hydrogen-bond acceptors (Lipinski definition) is 3. The number of carbonyl (C=O) groups is 2. The summed E-state index contributed by atoms with van der Waals surface area (Å²) in [5.74, 6) is 2.09. The third-order valence-corrected chi connectivity index (χ3v) is 12.5. The maximum Gasteiger partial charge on any atom is 0.305 e. The fourth-order valence-electron chi connectivity index (χ4n) is 8.75. The molecule has 0 saturated carbocycles. The van der Waals surface area contributed by atoms with Crippen molar-refractivity contribution in [1.82, 2.24) is 0 Å². The first kappa shape index (κ1) is 58.8. The maximum atomic E-state index is 11.5. The van der Waals surface area contributed by atoms with Crippen molar-refractivity contribution in [1.29, 1.82) is 0 Å². The van der Waals surface area contributed by atoms with Crippen molar-refractivity contribution in [2.45, 2.75) is 278 Å². The molecule has 0 radical (unpaired) electrons. The summed E-state index contributed by atoms with van der Waals surface area (Å²) in [4.78, 5) is 22.7. The highest BCUT2D eigenvalue weighted by Crippen LogP contribution is 2.33. The Kier molecular flexibility index (Phi) is 48.7. The second kappa shape index (κ2) is 50.5. The van der Waals surface area contributed by atoms with E-state index in [0.29, 0.717) is 18.8 Å². The Hall–Kier alpha value is -2.16. The summed E-state index contributed by atoms with van der Waals surface area (Å²) in [7, 11) is 0. The number of esters is 1. The molecule has 0 aliphatic carbocycles. The average molecular weight is 849 g/mol. The smallest absolute Gasteiger partial charge is 0.305 e. The van der Waals surface area contributed by atoms with Crippen LogP contribution in [0.15, 0.2) is 60.8 Å². The van der Waals surface area contributed by atoms with Crippen LogP contribution in [-0.2, 0) is 14.3 Å². The molecule has 0 spiro atoms. The second-order valence-electron chi connectivity index (χ2n) is 18.4. The Morgan fingerprint density at radius 2 is 0.721 bits per heavy atom. The fourth-order valence-corrected chi connectivity index (χ4v) is 8.75. The van der Waals surface area contributed by atoms with Gasteiger partial charge in [0.25, 0.3) is 0 Å². The fraction of sp³-hybridized carbons (Fsp3) is 0.793. The predicted molar refractivity (Wildman–Crippen MR) is 271 cm³/mol. The highest BCUT2D eigenvalue weighted by Gasteiger charge is 2.20. The minimum atomic E-state index is -0.0323. The van der Waals surface area contributed by atoms with Gasteiger partial charge in [-0.25, -0.2) is 0 Å². The summed E-state index contributed by atoms with van der Waals surface area (Å²) < 4.78 is 5.05. The van der Waals surface area contributed by atoms with E-state index in [0.717, 1.165) is 63.2 Å². The van der Waals surface area contributed by atoms with Gasteiger partial charge < -0.3 is 9.53 Å². The molecule has 0 aromatic carbocycles. The van der Waals surface area contributed by atoms with Gasteiger partial charge in [-0.1, -0.05) is 235 Å². The Balaban J connectivity index is 5.02. The molecule has 3 nitrogen and oxygen atoms in total. The van der Waals surface area contributed by atoms with Gasteiger partial charge in [-0.3, -0.25) is 4.79 Å². The summed E-state index contributed by atoms with van der Waals surface area (Å²) in [6, 6.07) is 0. The zero-order valence-corrected chi connectivity index (χ0v) is 41.4. The van der Waals surface area contributed by atoms with Crippen molar-refractivity contribution in [3.05, 3.63) is 60.8 Å². The number of ether oxygens (including phenoxy) is 1. The Morgan fingerprint density at radius 1 is 0.377 bits per heavy atom. The first-order chi connectivity index (χ1) is 30.0. The van der Waals surface area contributed by atoms with E-state index < -0.39 is 0 Å². The van der Waals surface area contributed by atoms with E-state index in [1.54, 1.807) is 6.92 Å². The lowest BCUT2D eigenvalue weighted by Crippen LogP contribution is -2.16. The number of rotatable bonds is 48. The first-order valence-corrected chi connectivity index (χ1v) is 26.9. The SMILES string of the molecule is CC/C=C\C/C=C\C/C=C\CCCCC(CCCCCCCCCCCCCC(=O)OCC)C(CCC/C=C\C/C=C\CCCC)CCCCCCCCCCCCC(C)=O. The number of Topliss-reactive ketones (excluding diaryl/α,β-unsaturated/α-hetero) is 1. The third-order valence-electron chi connectivity index (χ3n) is 12.5. The molecule has 0 N–H and O–H groups in total. The van der Waals surface area contributed by atoms with Crippen molar-refractivity contribution in [3.8, 4) is 0 Å². The summed E-state index contributed by atoms with van der Waals surface area (Å²) in [6.07, 6.45) is 73.1. The predicted octanol–water partition coefficient (Wildman–Crippen LogP) is 19.4. The third kappa shape index (κ3) is 47.2. The topological polar surface area (TPSA) is 43.4 Å². The van der Waals surface area contributed by atoms with Gasteiger partial charge in [-0.2, -0.15) is 0 Å². The van der Waals surface area contributed by atoms with Crippen LogP contribution in [0.1, 0.15) is 278 Å². The summed E-state index contributed by atoms with van der Waals surface area (Å²) >= 11 is 0. The highest BCUT2D eigenvalue weighted by atomic mass is 16.5. The lowest BCUT2D eigenvalue weighted by Gasteiger charge is -2.28. The second-order valence-corrected chi connectivity index (χ2v) is 18.4. The van der Waals surface area contributed by atoms with Crippen LogP contribution >= 0.6 is 0 Å². The minimum Gasteiger partial charge on any atom is -0.466 e. The van der Waals surface area contributed by atoms with Crippen molar-refractivity contribution in [2.75, 3.05) is 6.61 Å². The monoisotopic (exact) mass is 849 g/mol. The molecule has 0 amide bonds. The number of carbonyl (C=O) groups excluding carboxylic acids is 2. The molecule has 0 aliphatic rings. The van der Waals surface area contributed by atoms with E-state index in [1.807, 2.05) is 6.92 Å². The Labute approximate surface area is 382 Å². The first-order valence-electron chi connectivity index (χ1n) is 26.9. The molecule has 0 aromatic heterocycles. The summed E-state index contributed by atoms with van der Waals surface area (Å²) in [6.45, 7) is 8.57. The van der Waals surface area contributed by atoms with E-state index in [2.05, 4.69) is 74.6 Å². The highest BCUT2D eigenvalue weighted by molar-refractivity contribution is 5.75. The molecule has 0 heterocycles. The van der Waals surface area contributed by atoms with Crippen molar-refractivity contribution in [2.24, 2.45) is 11.8 Å². The molecular formula is C58H104O3. The minimum absolute atomic E-state index is 0.0323. The van der Waals surface area contributed by atoms with Gasteiger partial charge in [0.15, 0.2) is 0 Å². The standard InChI is InChI=1S/C58H104O3/c1-5-8-10-12-14-16-18-20-27-33-39-45-51-57(52-46-40-34-28-21-19-22-30-36-42-48-54-58(60)61-7-3)56(50-44-38-32-26-17-15-13-11-9-6-2)53-47-41-35-29-24-23-25-31-37-43-49-55(4)59/h8,10,13-16,20,26-27,32,56-57H,5-7,9,11-12,17-19,21-25,28-31,33-54H2,1-4H3/b10-8-,15-13-,16-14-,27-20-,32-26-. The molecule has 0 aromatic rings. The molecule has 0 fully saturated rings. The van der Waals surface area contributed by atoms with Crippen LogP contribution in [0.4, 0.5) is 0 Å². The molecule has 0 bridgehead atoms. The van der Waals surface area contributed by atoms with Gasteiger partial charge in [-0.05, 0) is 103 Å².